The predicted octanol–water partition coefficient (Wildman–Crippen LogP) is 2.77. The van der Waals surface area contributed by atoms with Crippen molar-refractivity contribution in [3.05, 3.63) is 28.2 Å². The summed E-state index contributed by atoms with van der Waals surface area (Å²) in [6.07, 6.45) is 0. The number of likely N-dealkylation sites (N-methyl/N-ethyl adjacent to an activating group) is 1. The van der Waals surface area contributed by atoms with Gasteiger partial charge in [0.15, 0.2) is 0 Å². The van der Waals surface area contributed by atoms with E-state index in [9.17, 15) is 5.11 Å². The van der Waals surface area contributed by atoms with Crippen molar-refractivity contribution in [1.82, 2.24) is 5.32 Å². The van der Waals surface area contributed by atoms with Gasteiger partial charge >= 0.3 is 0 Å². The van der Waals surface area contributed by atoms with E-state index in [1.807, 2.05) is 20.9 Å². The molecule has 2 N–H and O–H groups in total. The van der Waals surface area contributed by atoms with E-state index in [-0.39, 0.29) is 0 Å². The molecule has 0 atom stereocenters. The van der Waals surface area contributed by atoms with Crippen molar-refractivity contribution in [3.8, 4) is 0 Å². The summed E-state index contributed by atoms with van der Waals surface area (Å²) in [5, 5.41) is 13.1. The molecule has 0 aliphatic carbocycles. The molecule has 0 heterocycles. The molecule has 0 saturated carbocycles. The number of benzene rings is 1. The van der Waals surface area contributed by atoms with Gasteiger partial charge in [0.2, 0.25) is 0 Å². The van der Waals surface area contributed by atoms with Crippen molar-refractivity contribution in [3.63, 3.8) is 0 Å². The fourth-order valence-electron chi connectivity index (χ4n) is 1.90. The van der Waals surface area contributed by atoms with E-state index in [0.29, 0.717) is 6.54 Å². The van der Waals surface area contributed by atoms with Gasteiger partial charge in [-0.1, -0.05) is 13.0 Å². The highest BCUT2D eigenvalue weighted by Gasteiger charge is 2.17. The fourth-order valence-corrected chi connectivity index (χ4v) is 2.63. The molecule has 4 heteroatoms. The highest BCUT2D eigenvalue weighted by Crippen LogP contribution is 2.27. The van der Waals surface area contributed by atoms with Crippen LogP contribution in [0.3, 0.4) is 0 Å². The molecule has 0 radical (unpaired) electrons. The van der Waals surface area contributed by atoms with Gasteiger partial charge in [0, 0.05) is 24.6 Å². The Hall–Kier alpha value is -0.580. The van der Waals surface area contributed by atoms with E-state index in [1.165, 1.54) is 5.56 Å². The lowest BCUT2D eigenvalue weighted by molar-refractivity contribution is 0.0886. The van der Waals surface area contributed by atoms with Gasteiger partial charge in [-0.2, -0.15) is 0 Å². The standard InChI is InChI=1S/C14H23BrN2O/c1-5-16-9-11-6-7-13(12(15)8-11)17(4)10-14(2,3)18/h6-8,16,18H,5,9-10H2,1-4H3. The number of hydrogen-bond acceptors (Lipinski definition) is 3. The molecule has 102 valence electrons. The van der Waals surface area contributed by atoms with Gasteiger partial charge in [0.05, 0.1) is 11.3 Å². The Kier molecular flexibility index (Phi) is 5.63. The predicted molar refractivity (Wildman–Crippen MR) is 81.1 cm³/mol. The molecule has 0 spiro atoms. The largest absolute Gasteiger partial charge is 0.389 e. The van der Waals surface area contributed by atoms with Crippen LogP contribution in [0, 0.1) is 0 Å². The maximum atomic E-state index is 9.84. The van der Waals surface area contributed by atoms with Gasteiger partial charge in [0.1, 0.15) is 0 Å². The first-order chi connectivity index (χ1) is 8.33. The molecule has 0 fully saturated rings. The zero-order valence-electron chi connectivity index (χ0n) is 11.6. The van der Waals surface area contributed by atoms with Crippen LogP contribution in [0.2, 0.25) is 0 Å². The van der Waals surface area contributed by atoms with Crippen molar-refractivity contribution in [2.75, 3.05) is 25.0 Å². The smallest absolute Gasteiger partial charge is 0.0765 e. The van der Waals surface area contributed by atoms with Gasteiger partial charge in [-0.05, 0) is 54.0 Å². The van der Waals surface area contributed by atoms with Crippen LogP contribution in [0.25, 0.3) is 0 Å². The molecular weight excluding hydrogens is 292 g/mol. The van der Waals surface area contributed by atoms with Crippen LogP contribution in [0.1, 0.15) is 26.3 Å². The topological polar surface area (TPSA) is 35.5 Å². The molecule has 0 unspecified atom stereocenters. The lowest BCUT2D eigenvalue weighted by atomic mass is 10.1. The summed E-state index contributed by atoms with van der Waals surface area (Å²) in [5.74, 6) is 0. The maximum absolute atomic E-state index is 9.84. The molecule has 1 rings (SSSR count). The number of halogens is 1. The molecule has 1 aromatic rings. The van der Waals surface area contributed by atoms with Gasteiger partial charge in [-0.15, -0.1) is 0 Å². The van der Waals surface area contributed by atoms with Gasteiger partial charge < -0.3 is 15.3 Å². The molecule has 0 aliphatic heterocycles. The van der Waals surface area contributed by atoms with Crippen LogP contribution in [-0.4, -0.2) is 30.8 Å². The first-order valence-corrected chi connectivity index (χ1v) is 7.05. The number of anilines is 1. The first kappa shape index (κ1) is 15.5. The summed E-state index contributed by atoms with van der Waals surface area (Å²) in [6.45, 7) is 8.18. The Morgan fingerprint density at radius 1 is 1.39 bits per heavy atom. The average Bonchev–Trinajstić information content (AvgIpc) is 2.23. The molecule has 0 aromatic heterocycles. The summed E-state index contributed by atoms with van der Waals surface area (Å²) < 4.78 is 1.06. The third-order valence-electron chi connectivity index (χ3n) is 2.63. The molecular formula is C14H23BrN2O. The molecule has 18 heavy (non-hydrogen) atoms. The number of rotatable bonds is 6. The lowest BCUT2D eigenvalue weighted by Gasteiger charge is -2.28. The summed E-state index contributed by atoms with van der Waals surface area (Å²) >= 11 is 3.60. The van der Waals surface area contributed by atoms with Crippen LogP contribution in [0.4, 0.5) is 5.69 Å². The minimum absolute atomic E-state index is 0.595. The Morgan fingerprint density at radius 3 is 2.56 bits per heavy atom. The van der Waals surface area contributed by atoms with Crippen LogP contribution >= 0.6 is 15.9 Å². The Morgan fingerprint density at radius 2 is 2.06 bits per heavy atom. The molecule has 1 aromatic carbocycles. The van der Waals surface area contributed by atoms with Crippen molar-refractivity contribution < 1.29 is 5.11 Å². The Bertz CT molecular complexity index is 388. The van der Waals surface area contributed by atoms with Crippen LogP contribution in [-0.2, 0) is 6.54 Å². The van der Waals surface area contributed by atoms with Crippen molar-refractivity contribution in [1.29, 1.82) is 0 Å². The highest BCUT2D eigenvalue weighted by atomic mass is 79.9. The van der Waals surface area contributed by atoms with Crippen molar-refractivity contribution in [2.45, 2.75) is 32.9 Å². The molecule has 3 nitrogen and oxygen atoms in total. The molecule has 0 amide bonds. The summed E-state index contributed by atoms with van der Waals surface area (Å²) in [4.78, 5) is 2.06. The molecule has 0 saturated heterocycles. The number of aliphatic hydroxyl groups is 1. The number of nitrogens with one attached hydrogen (secondary N) is 1. The second kappa shape index (κ2) is 6.55. The van der Waals surface area contributed by atoms with Gasteiger partial charge in [0.25, 0.3) is 0 Å². The second-order valence-corrected chi connectivity index (χ2v) is 6.09. The quantitative estimate of drug-likeness (QED) is 0.847. The zero-order valence-corrected chi connectivity index (χ0v) is 13.2. The van der Waals surface area contributed by atoms with E-state index in [1.54, 1.807) is 0 Å². The Labute approximate surface area is 118 Å². The monoisotopic (exact) mass is 314 g/mol. The zero-order chi connectivity index (χ0) is 13.8. The number of hydrogen-bond donors (Lipinski definition) is 2. The van der Waals surface area contributed by atoms with Gasteiger partial charge in [-0.3, -0.25) is 0 Å². The third kappa shape index (κ3) is 4.96. The Balaban J connectivity index is 2.78. The minimum atomic E-state index is -0.698. The summed E-state index contributed by atoms with van der Waals surface area (Å²) in [7, 11) is 1.99. The fraction of sp³-hybridized carbons (Fsp3) is 0.571. The van der Waals surface area contributed by atoms with Crippen LogP contribution in [0.5, 0.6) is 0 Å². The van der Waals surface area contributed by atoms with E-state index in [4.69, 9.17) is 0 Å². The van der Waals surface area contributed by atoms with E-state index < -0.39 is 5.60 Å². The normalized spacial score (nSPS) is 11.7. The third-order valence-corrected chi connectivity index (χ3v) is 3.26. The number of nitrogens with zero attached hydrogens (tertiary/aromatic N) is 1. The van der Waals surface area contributed by atoms with Gasteiger partial charge in [-0.25, -0.2) is 0 Å². The SMILES string of the molecule is CCNCc1ccc(N(C)CC(C)(C)O)c(Br)c1. The summed E-state index contributed by atoms with van der Waals surface area (Å²) in [6, 6.07) is 6.32. The molecule has 0 bridgehead atoms. The second-order valence-electron chi connectivity index (χ2n) is 5.23. The van der Waals surface area contributed by atoms with Crippen molar-refractivity contribution in [2.24, 2.45) is 0 Å². The summed E-state index contributed by atoms with van der Waals surface area (Å²) in [5.41, 5.74) is 1.65. The first-order valence-electron chi connectivity index (χ1n) is 6.26. The lowest BCUT2D eigenvalue weighted by Crippen LogP contribution is -2.36. The average molecular weight is 315 g/mol. The minimum Gasteiger partial charge on any atom is -0.389 e. The van der Waals surface area contributed by atoms with E-state index >= 15 is 0 Å². The molecule has 0 aliphatic rings. The van der Waals surface area contributed by atoms with E-state index in [2.05, 4.69) is 51.3 Å². The van der Waals surface area contributed by atoms with Crippen LogP contribution < -0.4 is 10.2 Å². The maximum Gasteiger partial charge on any atom is 0.0765 e. The van der Waals surface area contributed by atoms with E-state index in [0.717, 1.165) is 23.2 Å². The van der Waals surface area contributed by atoms with Crippen molar-refractivity contribution >= 4 is 21.6 Å². The van der Waals surface area contributed by atoms with Crippen LogP contribution in [0.15, 0.2) is 22.7 Å². The highest BCUT2D eigenvalue weighted by molar-refractivity contribution is 9.10.